The predicted octanol–water partition coefficient (Wildman–Crippen LogP) is 3.91. The Morgan fingerprint density at radius 3 is 2.79 bits per heavy atom. The molecule has 2 amide bonds. The fraction of sp³-hybridized carbons (Fsp3) is 0.158. The Bertz CT molecular complexity index is 895. The summed E-state index contributed by atoms with van der Waals surface area (Å²) < 4.78 is 5.70. The highest BCUT2D eigenvalue weighted by atomic mass is 32.2. The SMILES string of the molecule is C#CCN1C(=O)SC(=Cc2c(OCC)ccc3ccccc23)C1=O. The summed E-state index contributed by atoms with van der Waals surface area (Å²) in [6, 6.07) is 11.7. The Kier molecular flexibility index (Phi) is 4.59. The topological polar surface area (TPSA) is 46.6 Å². The molecule has 2 aromatic rings. The molecule has 0 bridgehead atoms. The Labute approximate surface area is 144 Å². The van der Waals surface area contributed by atoms with Crippen LogP contribution in [0.3, 0.4) is 0 Å². The number of hydrogen-bond donors (Lipinski definition) is 0. The van der Waals surface area contributed by atoms with Gasteiger partial charge in [0.2, 0.25) is 0 Å². The van der Waals surface area contributed by atoms with Crippen LogP contribution in [-0.4, -0.2) is 29.2 Å². The maximum absolute atomic E-state index is 12.4. The van der Waals surface area contributed by atoms with Crippen molar-refractivity contribution in [3.8, 4) is 18.1 Å². The summed E-state index contributed by atoms with van der Waals surface area (Å²) in [4.78, 5) is 25.8. The van der Waals surface area contributed by atoms with Crippen molar-refractivity contribution in [1.82, 2.24) is 4.90 Å². The molecule has 2 aromatic carbocycles. The summed E-state index contributed by atoms with van der Waals surface area (Å²) in [5.74, 6) is 2.65. The molecule has 0 radical (unpaired) electrons. The number of terminal acetylenes is 1. The molecular weight excluding hydrogens is 322 g/mol. The fourth-order valence-electron chi connectivity index (χ4n) is 2.56. The van der Waals surface area contributed by atoms with E-state index in [4.69, 9.17) is 11.2 Å². The second-order valence-electron chi connectivity index (χ2n) is 5.10. The van der Waals surface area contributed by atoms with Gasteiger partial charge in [-0.15, -0.1) is 6.42 Å². The third kappa shape index (κ3) is 2.89. The molecule has 0 spiro atoms. The first kappa shape index (κ1) is 16.2. The predicted molar refractivity (Wildman–Crippen MR) is 96.6 cm³/mol. The first-order chi connectivity index (χ1) is 11.7. The van der Waals surface area contributed by atoms with Crippen LogP contribution in [0.25, 0.3) is 16.8 Å². The van der Waals surface area contributed by atoms with Gasteiger partial charge in [0, 0.05) is 5.56 Å². The Hall–Kier alpha value is -2.71. The van der Waals surface area contributed by atoms with Crippen molar-refractivity contribution in [2.45, 2.75) is 6.92 Å². The van der Waals surface area contributed by atoms with Gasteiger partial charge >= 0.3 is 0 Å². The third-order valence-electron chi connectivity index (χ3n) is 3.63. The second-order valence-corrected chi connectivity index (χ2v) is 6.10. The number of thioether (sulfide) groups is 1. The molecule has 0 saturated carbocycles. The lowest BCUT2D eigenvalue weighted by molar-refractivity contribution is -0.122. The lowest BCUT2D eigenvalue weighted by Crippen LogP contribution is -2.28. The molecule has 0 unspecified atom stereocenters. The summed E-state index contributed by atoms with van der Waals surface area (Å²) in [6.07, 6.45) is 6.94. The monoisotopic (exact) mass is 337 g/mol. The molecule has 5 heteroatoms. The number of carbonyl (C=O) groups is 2. The van der Waals surface area contributed by atoms with E-state index in [2.05, 4.69) is 5.92 Å². The summed E-state index contributed by atoms with van der Waals surface area (Å²) in [5.41, 5.74) is 0.793. The molecule has 1 aliphatic heterocycles. The lowest BCUT2D eigenvalue weighted by Gasteiger charge is -2.11. The van der Waals surface area contributed by atoms with Crippen molar-refractivity contribution in [1.29, 1.82) is 0 Å². The first-order valence-corrected chi connectivity index (χ1v) is 8.30. The number of rotatable bonds is 4. The van der Waals surface area contributed by atoms with Crippen LogP contribution in [0.15, 0.2) is 41.3 Å². The van der Waals surface area contributed by atoms with Gasteiger partial charge in [-0.3, -0.25) is 14.5 Å². The summed E-state index contributed by atoms with van der Waals surface area (Å²) >= 11 is 0.899. The zero-order chi connectivity index (χ0) is 17.1. The zero-order valence-electron chi connectivity index (χ0n) is 13.1. The first-order valence-electron chi connectivity index (χ1n) is 7.49. The maximum Gasteiger partial charge on any atom is 0.294 e. The van der Waals surface area contributed by atoms with Gasteiger partial charge in [-0.25, -0.2) is 0 Å². The zero-order valence-corrected chi connectivity index (χ0v) is 13.9. The van der Waals surface area contributed by atoms with Crippen molar-refractivity contribution in [3.63, 3.8) is 0 Å². The molecule has 1 saturated heterocycles. The van der Waals surface area contributed by atoms with Crippen molar-refractivity contribution in [2.24, 2.45) is 0 Å². The van der Waals surface area contributed by atoms with Crippen molar-refractivity contribution < 1.29 is 14.3 Å². The van der Waals surface area contributed by atoms with Crippen LogP contribution in [0.2, 0.25) is 0 Å². The number of amides is 2. The number of benzene rings is 2. The van der Waals surface area contributed by atoms with Crippen LogP contribution in [-0.2, 0) is 4.79 Å². The van der Waals surface area contributed by atoms with Gasteiger partial charge in [-0.05, 0) is 41.6 Å². The van der Waals surface area contributed by atoms with E-state index < -0.39 is 0 Å². The average molecular weight is 337 g/mol. The fourth-order valence-corrected chi connectivity index (χ4v) is 3.38. The molecule has 3 rings (SSSR count). The molecule has 4 nitrogen and oxygen atoms in total. The molecule has 0 N–H and O–H groups in total. The van der Waals surface area contributed by atoms with Crippen LogP contribution in [0.4, 0.5) is 4.79 Å². The van der Waals surface area contributed by atoms with E-state index in [0.29, 0.717) is 17.3 Å². The van der Waals surface area contributed by atoms with Crippen LogP contribution in [0.1, 0.15) is 12.5 Å². The van der Waals surface area contributed by atoms with Crippen LogP contribution >= 0.6 is 11.8 Å². The minimum atomic E-state index is -0.363. The van der Waals surface area contributed by atoms with Crippen molar-refractivity contribution in [2.75, 3.05) is 13.2 Å². The molecule has 1 heterocycles. The van der Waals surface area contributed by atoms with E-state index in [1.807, 2.05) is 43.3 Å². The van der Waals surface area contributed by atoms with Crippen LogP contribution < -0.4 is 4.74 Å². The molecule has 0 aromatic heterocycles. The summed E-state index contributed by atoms with van der Waals surface area (Å²) in [6.45, 7) is 2.40. The minimum absolute atomic E-state index is 0.0180. The molecule has 0 atom stereocenters. The van der Waals surface area contributed by atoms with E-state index in [-0.39, 0.29) is 17.7 Å². The van der Waals surface area contributed by atoms with E-state index in [1.165, 1.54) is 0 Å². The van der Waals surface area contributed by atoms with Gasteiger partial charge in [-0.2, -0.15) is 0 Å². The highest BCUT2D eigenvalue weighted by molar-refractivity contribution is 8.18. The largest absolute Gasteiger partial charge is 0.493 e. The maximum atomic E-state index is 12.4. The van der Waals surface area contributed by atoms with Crippen LogP contribution in [0.5, 0.6) is 5.75 Å². The van der Waals surface area contributed by atoms with Gasteiger partial charge in [0.25, 0.3) is 11.1 Å². The van der Waals surface area contributed by atoms with E-state index in [0.717, 1.165) is 33.0 Å². The molecule has 120 valence electrons. The minimum Gasteiger partial charge on any atom is -0.493 e. The number of carbonyl (C=O) groups excluding carboxylic acids is 2. The number of nitrogens with zero attached hydrogens (tertiary/aromatic N) is 1. The van der Waals surface area contributed by atoms with Gasteiger partial charge in [0.05, 0.1) is 18.1 Å². The lowest BCUT2D eigenvalue weighted by atomic mass is 10.0. The average Bonchev–Trinajstić information content (AvgIpc) is 2.85. The number of fused-ring (bicyclic) bond motifs is 1. The van der Waals surface area contributed by atoms with Gasteiger partial charge < -0.3 is 4.74 Å². The highest BCUT2D eigenvalue weighted by Crippen LogP contribution is 2.36. The Balaban J connectivity index is 2.12. The van der Waals surface area contributed by atoms with E-state index in [9.17, 15) is 9.59 Å². The second kappa shape index (κ2) is 6.81. The van der Waals surface area contributed by atoms with Gasteiger partial charge in [0.15, 0.2) is 0 Å². The Morgan fingerprint density at radius 2 is 2.04 bits per heavy atom. The standard InChI is InChI=1S/C19H15NO3S/c1-3-11-20-18(21)17(24-19(20)22)12-15-14-8-6-5-7-13(14)9-10-16(15)23-4-2/h1,5-10,12H,4,11H2,2H3. The quantitative estimate of drug-likeness (QED) is 0.627. The smallest absolute Gasteiger partial charge is 0.294 e. The molecular formula is C19H15NO3S. The number of imide groups is 1. The molecule has 24 heavy (non-hydrogen) atoms. The van der Waals surface area contributed by atoms with E-state index in [1.54, 1.807) is 6.08 Å². The number of ether oxygens (including phenoxy) is 1. The normalized spacial score (nSPS) is 16.0. The highest BCUT2D eigenvalue weighted by Gasteiger charge is 2.34. The Morgan fingerprint density at radius 1 is 1.25 bits per heavy atom. The van der Waals surface area contributed by atoms with Crippen LogP contribution in [0, 0.1) is 12.3 Å². The van der Waals surface area contributed by atoms with Crippen molar-refractivity contribution >= 4 is 39.8 Å². The van der Waals surface area contributed by atoms with E-state index >= 15 is 0 Å². The summed E-state index contributed by atoms with van der Waals surface area (Å²) in [7, 11) is 0. The number of hydrogen-bond acceptors (Lipinski definition) is 4. The van der Waals surface area contributed by atoms with Gasteiger partial charge in [-0.1, -0.05) is 36.3 Å². The van der Waals surface area contributed by atoms with Gasteiger partial charge in [0.1, 0.15) is 5.75 Å². The molecule has 0 aliphatic carbocycles. The molecule has 1 fully saturated rings. The molecule has 1 aliphatic rings. The van der Waals surface area contributed by atoms with Crippen molar-refractivity contribution in [3.05, 3.63) is 46.9 Å². The summed E-state index contributed by atoms with van der Waals surface area (Å²) in [5, 5.41) is 1.66. The third-order valence-corrected chi connectivity index (χ3v) is 4.54.